The average Bonchev–Trinajstić information content (AvgIpc) is 3.21. The number of rotatable bonds is 6. The standard InChI is InChI=1S/C26H37FN4/c1-5-29-13-15-31(16-14-29)22-11-9-21(10-12-22)24-18-30(19-26(24)28(3)4)17-23-20(2)7-6-8-25(23)27/h6-12,24,26H,5,13-19H2,1-4H3/t24-,26?/m1/s1. The summed E-state index contributed by atoms with van der Waals surface area (Å²) in [4.78, 5) is 9.76. The van der Waals surface area contributed by atoms with Crippen molar-refractivity contribution in [3.63, 3.8) is 0 Å². The zero-order chi connectivity index (χ0) is 22.0. The molecule has 2 saturated heterocycles. The molecule has 2 aromatic rings. The highest BCUT2D eigenvalue weighted by atomic mass is 19.1. The smallest absolute Gasteiger partial charge is 0.127 e. The lowest BCUT2D eigenvalue weighted by molar-refractivity contribution is 0.258. The van der Waals surface area contributed by atoms with E-state index in [-0.39, 0.29) is 5.82 Å². The van der Waals surface area contributed by atoms with Gasteiger partial charge in [-0.2, -0.15) is 0 Å². The molecule has 0 bridgehead atoms. The number of likely N-dealkylation sites (N-methyl/N-ethyl adjacent to an activating group) is 2. The van der Waals surface area contributed by atoms with Crippen LogP contribution in [0, 0.1) is 12.7 Å². The molecule has 5 heteroatoms. The van der Waals surface area contributed by atoms with Crippen LogP contribution in [0.3, 0.4) is 0 Å². The second-order valence-corrected chi connectivity index (χ2v) is 9.38. The fourth-order valence-corrected chi connectivity index (χ4v) is 5.19. The summed E-state index contributed by atoms with van der Waals surface area (Å²) < 4.78 is 14.4. The van der Waals surface area contributed by atoms with Gasteiger partial charge in [-0.3, -0.25) is 4.90 Å². The van der Waals surface area contributed by atoms with Crippen molar-refractivity contribution in [3.8, 4) is 0 Å². The average molecular weight is 425 g/mol. The van der Waals surface area contributed by atoms with E-state index in [9.17, 15) is 4.39 Å². The molecule has 0 amide bonds. The van der Waals surface area contributed by atoms with E-state index in [0.29, 0.717) is 18.5 Å². The molecular formula is C26H37FN4. The maximum Gasteiger partial charge on any atom is 0.127 e. The van der Waals surface area contributed by atoms with Crippen LogP contribution in [0.15, 0.2) is 42.5 Å². The Kier molecular flexibility index (Phi) is 6.95. The molecule has 0 N–H and O–H groups in total. The van der Waals surface area contributed by atoms with Crippen molar-refractivity contribution >= 4 is 5.69 Å². The first-order chi connectivity index (χ1) is 15.0. The molecule has 0 spiro atoms. The van der Waals surface area contributed by atoms with Gasteiger partial charge in [-0.05, 0) is 56.9 Å². The molecule has 2 aliphatic heterocycles. The van der Waals surface area contributed by atoms with Crippen molar-refractivity contribution in [2.45, 2.75) is 32.4 Å². The Morgan fingerprint density at radius 2 is 1.65 bits per heavy atom. The van der Waals surface area contributed by atoms with Crippen LogP contribution >= 0.6 is 0 Å². The number of halogens is 1. The highest BCUT2D eigenvalue weighted by molar-refractivity contribution is 5.49. The predicted octanol–water partition coefficient (Wildman–Crippen LogP) is 3.81. The van der Waals surface area contributed by atoms with Gasteiger partial charge in [0, 0.05) is 69.0 Å². The first kappa shape index (κ1) is 22.3. The van der Waals surface area contributed by atoms with E-state index in [1.807, 2.05) is 13.0 Å². The molecule has 2 atom stereocenters. The minimum Gasteiger partial charge on any atom is -0.369 e. The lowest BCUT2D eigenvalue weighted by atomic mass is 9.93. The van der Waals surface area contributed by atoms with Gasteiger partial charge in [0.2, 0.25) is 0 Å². The molecule has 0 aliphatic carbocycles. The SMILES string of the molecule is CCN1CCN(c2ccc([C@H]3CN(Cc4c(C)cccc4F)CC3N(C)C)cc2)CC1. The topological polar surface area (TPSA) is 13.0 Å². The molecule has 2 aromatic carbocycles. The lowest BCUT2D eigenvalue weighted by Crippen LogP contribution is -2.46. The summed E-state index contributed by atoms with van der Waals surface area (Å²) in [5.74, 6) is 0.352. The van der Waals surface area contributed by atoms with Crippen LogP contribution < -0.4 is 4.90 Å². The van der Waals surface area contributed by atoms with Crippen LogP contribution in [0.5, 0.6) is 0 Å². The van der Waals surface area contributed by atoms with Crippen LogP contribution in [0.4, 0.5) is 10.1 Å². The van der Waals surface area contributed by atoms with Crippen molar-refractivity contribution < 1.29 is 4.39 Å². The van der Waals surface area contributed by atoms with E-state index >= 15 is 0 Å². The van der Waals surface area contributed by atoms with Crippen molar-refractivity contribution in [2.24, 2.45) is 0 Å². The Hall–Kier alpha value is -1.95. The Morgan fingerprint density at radius 3 is 2.26 bits per heavy atom. The number of anilines is 1. The largest absolute Gasteiger partial charge is 0.369 e. The van der Waals surface area contributed by atoms with Crippen molar-refractivity contribution in [2.75, 3.05) is 64.8 Å². The number of aryl methyl sites for hydroxylation is 1. The first-order valence-corrected chi connectivity index (χ1v) is 11.7. The fourth-order valence-electron chi connectivity index (χ4n) is 5.19. The summed E-state index contributed by atoms with van der Waals surface area (Å²) in [6.45, 7) is 12.5. The summed E-state index contributed by atoms with van der Waals surface area (Å²) in [7, 11) is 4.33. The summed E-state index contributed by atoms with van der Waals surface area (Å²) >= 11 is 0. The van der Waals surface area contributed by atoms with Gasteiger partial charge >= 0.3 is 0 Å². The van der Waals surface area contributed by atoms with Gasteiger partial charge in [-0.25, -0.2) is 4.39 Å². The van der Waals surface area contributed by atoms with E-state index < -0.39 is 0 Å². The second-order valence-electron chi connectivity index (χ2n) is 9.38. The van der Waals surface area contributed by atoms with E-state index in [0.717, 1.165) is 56.9 Å². The zero-order valence-corrected chi connectivity index (χ0v) is 19.5. The van der Waals surface area contributed by atoms with Gasteiger partial charge in [0.15, 0.2) is 0 Å². The lowest BCUT2D eigenvalue weighted by Gasteiger charge is -2.35. The number of piperazine rings is 1. The molecule has 31 heavy (non-hydrogen) atoms. The molecule has 2 heterocycles. The van der Waals surface area contributed by atoms with Crippen LogP contribution in [0.2, 0.25) is 0 Å². The van der Waals surface area contributed by atoms with E-state index in [1.165, 1.54) is 11.3 Å². The minimum absolute atomic E-state index is 0.0858. The monoisotopic (exact) mass is 424 g/mol. The molecule has 2 fully saturated rings. The quantitative estimate of drug-likeness (QED) is 0.699. The summed E-state index contributed by atoms with van der Waals surface area (Å²) in [5.41, 5.74) is 4.60. The van der Waals surface area contributed by atoms with Crippen molar-refractivity contribution in [3.05, 3.63) is 65.0 Å². The Balaban J connectivity index is 1.46. The normalized spacial score (nSPS) is 23.1. The second kappa shape index (κ2) is 9.68. The number of nitrogens with zero attached hydrogens (tertiary/aromatic N) is 4. The number of likely N-dealkylation sites (tertiary alicyclic amines) is 1. The van der Waals surface area contributed by atoms with E-state index in [2.05, 4.69) is 64.9 Å². The Bertz CT molecular complexity index is 838. The van der Waals surface area contributed by atoms with E-state index in [1.54, 1.807) is 12.1 Å². The van der Waals surface area contributed by atoms with E-state index in [4.69, 9.17) is 0 Å². The number of hydrogen-bond donors (Lipinski definition) is 0. The third-order valence-corrected chi connectivity index (χ3v) is 7.27. The molecule has 0 radical (unpaired) electrons. The molecule has 4 rings (SSSR count). The van der Waals surface area contributed by atoms with Crippen molar-refractivity contribution in [1.29, 1.82) is 0 Å². The Labute approximate surface area is 187 Å². The fraction of sp³-hybridized carbons (Fsp3) is 0.538. The Morgan fingerprint density at radius 1 is 0.935 bits per heavy atom. The van der Waals surface area contributed by atoms with Crippen LogP contribution in [-0.2, 0) is 6.54 Å². The highest BCUT2D eigenvalue weighted by Crippen LogP contribution is 2.33. The van der Waals surface area contributed by atoms with Gasteiger partial charge < -0.3 is 14.7 Å². The van der Waals surface area contributed by atoms with Crippen LogP contribution in [-0.4, -0.2) is 80.7 Å². The van der Waals surface area contributed by atoms with Crippen LogP contribution in [0.25, 0.3) is 0 Å². The summed E-state index contributed by atoms with van der Waals surface area (Å²) in [6, 6.07) is 15.1. The summed E-state index contributed by atoms with van der Waals surface area (Å²) in [6.07, 6.45) is 0. The van der Waals surface area contributed by atoms with Gasteiger partial charge in [0.05, 0.1) is 0 Å². The molecule has 0 saturated carbocycles. The van der Waals surface area contributed by atoms with Gasteiger partial charge in [0.25, 0.3) is 0 Å². The summed E-state index contributed by atoms with van der Waals surface area (Å²) in [5, 5.41) is 0. The predicted molar refractivity (Wildman–Crippen MR) is 127 cm³/mol. The molecular weight excluding hydrogens is 387 g/mol. The number of benzene rings is 2. The molecule has 0 aromatic heterocycles. The minimum atomic E-state index is -0.0858. The zero-order valence-electron chi connectivity index (χ0n) is 19.5. The molecule has 168 valence electrons. The highest BCUT2D eigenvalue weighted by Gasteiger charge is 2.35. The molecule has 4 nitrogen and oxygen atoms in total. The number of hydrogen-bond acceptors (Lipinski definition) is 4. The third kappa shape index (κ3) is 4.94. The van der Waals surface area contributed by atoms with Crippen molar-refractivity contribution in [1.82, 2.24) is 14.7 Å². The maximum absolute atomic E-state index is 14.4. The molecule has 2 aliphatic rings. The first-order valence-electron chi connectivity index (χ1n) is 11.7. The van der Waals surface area contributed by atoms with Gasteiger partial charge in [-0.1, -0.05) is 31.2 Å². The van der Waals surface area contributed by atoms with Gasteiger partial charge in [0.1, 0.15) is 5.82 Å². The van der Waals surface area contributed by atoms with Crippen LogP contribution in [0.1, 0.15) is 29.5 Å². The molecule has 1 unspecified atom stereocenters. The maximum atomic E-state index is 14.4. The third-order valence-electron chi connectivity index (χ3n) is 7.27. The van der Waals surface area contributed by atoms with Gasteiger partial charge in [-0.15, -0.1) is 0 Å².